The molecule has 10 heteroatoms. The van der Waals surface area contributed by atoms with E-state index in [1.807, 2.05) is 0 Å². The highest BCUT2D eigenvalue weighted by Crippen LogP contribution is 2.58. The number of nitrogens with zero attached hydrogens (tertiary/aromatic N) is 2. The van der Waals surface area contributed by atoms with E-state index in [9.17, 15) is 22.8 Å². The van der Waals surface area contributed by atoms with Crippen LogP contribution in [0.3, 0.4) is 0 Å². The number of alkyl halides is 3. The maximum Gasteiger partial charge on any atom is 0.420 e. The number of carbonyl (C=O) groups excluding carboxylic acids is 2. The van der Waals surface area contributed by atoms with Crippen LogP contribution in [0.25, 0.3) is 0 Å². The number of carbonyl (C=O) groups is 2. The van der Waals surface area contributed by atoms with Crippen molar-refractivity contribution in [3.8, 4) is 5.75 Å². The van der Waals surface area contributed by atoms with Crippen LogP contribution in [0.2, 0.25) is 5.02 Å². The quantitative estimate of drug-likeness (QED) is 0.628. The molecule has 0 N–H and O–H groups in total. The van der Waals surface area contributed by atoms with E-state index in [4.69, 9.17) is 16.3 Å². The van der Waals surface area contributed by atoms with Crippen LogP contribution in [0.4, 0.5) is 29.3 Å². The van der Waals surface area contributed by atoms with Crippen molar-refractivity contribution in [2.75, 3.05) is 25.7 Å². The number of hydrogen-bond acceptors (Lipinski definition) is 4. The summed E-state index contributed by atoms with van der Waals surface area (Å²) in [6, 6.07) is 9.20. The molecule has 2 aromatic carbocycles. The predicted molar refractivity (Wildman–Crippen MR) is 107 cm³/mol. The smallest absolute Gasteiger partial charge is 0.420 e. The lowest BCUT2D eigenvalue weighted by Crippen LogP contribution is -2.63. The van der Waals surface area contributed by atoms with Crippen LogP contribution in [0.15, 0.2) is 54.1 Å². The molecule has 2 aromatic rings. The Bertz CT molecular complexity index is 1100. The van der Waals surface area contributed by atoms with E-state index in [0.29, 0.717) is 16.3 Å². The third-order valence-corrected chi connectivity index (χ3v) is 5.67. The summed E-state index contributed by atoms with van der Waals surface area (Å²) < 4.78 is 53.9. The van der Waals surface area contributed by atoms with E-state index in [1.165, 1.54) is 19.2 Å². The van der Waals surface area contributed by atoms with Crippen LogP contribution in [-0.2, 0) is 15.1 Å². The molecule has 0 aromatic heterocycles. The van der Waals surface area contributed by atoms with Gasteiger partial charge in [-0.25, -0.2) is 9.59 Å². The van der Waals surface area contributed by atoms with Crippen LogP contribution in [-0.4, -0.2) is 43.8 Å². The first kappa shape index (κ1) is 21.0. The molecule has 0 aliphatic carbocycles. The Labute approximate surface area is 180 Å². The second-order valence-corrected chi connectivity index (χ2v) is 7.34. The van der Waals surface area contributed by atoms with Crippen molar-refractivity contribution in [2.24, 2.45) is 0 Å². The average Bonchev–Trinajstić information content (AvgIpc) is 3.16. The Kier molecular flexibility index (Phi) is 4.88. The molecule has 0 fully saturated rings. The first-order valence-electron chi connectivity index (χ1n) is 9.08. The molecule has 2 heterocycles. The molecule has 2 amide bonds. The molecule has 2 aliphatic heterocycles. The average molecular weight is 453 g/mol. The van der Waals surface area contributed by atoms with Crippen molar-refractivity contribution in [3.63, 3.8) is 0 Å². The molecule has 0 bridgehead atoms. The normalized spacial score (nSPS) is 20.2. The summed E-state index contributed by atoms with van der Waals surface area (Å²) in [4.78, 5) is 27.5. The van der Waals surface area contributed by atoms with Crippen molar-refractivity contribution >= 4 is 35.0 Å². The van der Waals surface area contributed by atoms with Crippen molar-refractivity contribution in [1.29, 1.82) is 0 Å². The van der Waals surface area contributed by atoms with Crippen LogP contribution in [0.1, 0.15) is 5.56 Å². The highest BCUT2D eigenvalue weighted by atomic mass is 35.5. The number of urea groups is 1. The number of hydrogen-bond donors (Lipinski definition) is 0. The van der Waals surface area contributed by atoms with E-state index < -0.39 is 35.8 Å². The van der Waals surface area contributed by atoms with Gasteiger partial charge in [-0.15, -0.1) is 0 Å². The molecule has 31 heavy (non-hydrogen) atoms. The zero-order valence-electron chi connectivity index (χ0n) is 16.4. The Balaban J connectivity index is 2.02. The molecule has 0 saturated carbocycles. The topological polar surface area (TPSA) is 59.1 Å². The second-order valence-electron chi connectivity index (χ2n) is 6.91. The number of halogens is 4. The Morgan fingerprint density at radius 3 is 2.39 bits per heavy atom. The molecule has 6 nitrogen and oxygen atoms in total. The lowest BCUT2D eigenvalue weighted by molar-refractivity contribution is -0.212. The van der Waals surface area contributed by atoms with Gasteiger partial charge >= 0.3 is 18.2 Å². The molecule has 0 spiro atoms. The van der Waals surface area contributed by atoms with Crippen LogP contribution < -0.4 is 9.64 Å². The zero-order valence-corrected chi connectivity index (χ0v) is 17.1. The Morgan fingerprint density at radius 1 is 1.13 bits per heavy atom. The predicted octanol–water partition coefficient (Wildman–Crippen LogP) is 4.79. The van der Waals surface area contributed by atoms with E-state index in [1.54, 1.807) is 24.3 Å². The molecule has 162 valence electrons. The number of fused-ring (bicyclic) bond motifs is 3. The third kappa shape index (κ3) is 2.87. The highest BCUT2D eigenvalue weighted by molar-refractivity contribution is 6.31. The summed E-state index contributed by atoms with van der Waals surface area (Å²) in [5.41, 5.74) is -3.73. The first-order valence-corrected chi connectivity index (χ1v) is 9.46. The summed E-state index contributed by atoms with van der Waals surface area (Å²) in [5, 5.41) is 0.0301. The Hall–Kier alpha value is -3.20. The van der Waals surface area contributed by atoms with Crippen molar-refractivity contribution < 1.29 is 32.2 Å². The molecule has 4 rings (SSSR count). The summed E-state index contributed by atoms with van der Waals surface area (Å²) in [7, 11) is 2.46. The fourth-order valence-electron chi connectivity index (χ4n) is 4.12. The lowest BCUT2D eigenvalue weighted by atomic mass is 9.79. The maximum absolute atomic E-state index is 14.7. The van der Waals surface area contributed by atoms with Gasteiger partial charge in [-0.2, -0.15) is 13.2 Å². The zero-order chi connectivity index (χ0) is 22.6. The minimum Gasteiger partial charge on any atom is -0.497 e. The monoisotopic (exact) mass is 452 g/mol. The minimum absolute atomic E-state index is 0.0301. The number of rotatable bonds is 3. The summed E-state index contributed by atoms with van der Waals surface area (Å²) in [6.07, 6.45) is -3.95. The summed E-state index contributed by atoms with van der Waals surface area (Å²) >= 11 is 6.07. The van der Waals surface area contributed by atoms with Crippen molar-refractivity contribution in [1.82, 2.24) is 4.90 Å². The van der Waals surface area contributed by atoms with E-state index in [0.717, 1.165) is 24.2 Å². The first-order chi connectivity index (χ1) is 14.7. The number of esters is 1. The van der Waals surface area contributed by atoms with Gasteiger partial charge in [0.2, 0.25) is 5.54 Å². The molecule has 0 saturated heterocycles. The molecule has 0 radical (unpaired) electrons. The van der Waals surface area contributed by atoms with E-state index >= 15 is 0 Å². The molecule has 1 unspecified atom stereocenters. The fraction of sp³-hybridized carbons (Fsp3) is 0.238. The molecular formula is C21H16ClF3N2O4. The van der Waals surface area contributed by atoms with Crippen molar-refractivity contribution in [2.45, 2.75) is 11.7 Å². The van der Waals surface area contributed by atoms with Gasteiger partial charge in [0.25, 0.3) is 0 Å². The van der Waals surface area contributed by atoms with E-state index in [-0.39, 0.29) is 16.3 Å². The largest absolute Gasteiger partial charge is 0.497 e. The standard InChI is InChI=1S/C21H16ClF3N2O4/c1-30-14-6-4-13(5-7-14)27-17-8-3-12(22)11-16(17)20(21(23,24)25)15(18(28)31-2)9-10-26(20)19(27)29/h3-9,11H,10H2,1-2H3. The number of methoxy groups -OCH3 is 2. The molecular weight excluding hydrogens is 437 g/mol. The Morgan fingerprint density at radius 2 is 1.81 bits per heavy atom. The highest BCUT2D eigenvalue weighted by Gasteiger charge is 2.70. The third-order valence-electron chi connectivity index (χ3n) is 5.43. The minimum atomic E-state index is -5.02. The number of ether oxygens (including phenoxy) is 2. The van der Waals surface area contributed by atoms with Gasteiger partial charge in [0, 0.05) is 17.1 Å². The van der Waals surface area contributed by atoms with Gasteiger partial charge < -0.3 is 9.47 Å². The summed E-state index contributed by atoms with van der Waals surface area (Å²) in [5.74, 6) is -0.651. The van der Waals surface area contributed by atoms with E-state index in [2.05, 4.69) is 4.74 Å². The molecule has 1 atom stereocenters. The van der Waals surface area contributed by atoms with Gasteiger partial charge in [0.1, 0.15) is 5.75 Å². The maximum atomic E-state index is 14.7. The second kappa shape index (κ2) is 7.19. The SMILES string of the molecule is COC(=O)C1=CCN2C(=O)N(c3ccc(OC)cc3)c3ccc(Cl)cc3C12C(F)(F)F. The van der Waals surface area contributed by atoms with Gasteiger partial charge in [-0.1, -0.05) is 17.7 Å². The number of anilines is 2. The number of benzene rings is 2. The van der Waals surface area contributed by atoms with Gasteiger partial charge in [-0.3, -0.25) is 9.80 Å². The van der Waals surface area contributed by atoms with Gasteiger partial charge in [0.15, 0.2) is 0 Å². The van der Waals surface area contributed by atoms with Crippen LogP contribution >= 0.6 is 11.6 Å². The van der Waals surface area contributed by atoms with Gasteiger partial charge in [-0.05, 0) is 42.5 Å². The van der Waals surface area contributed by atoms with Crippen LogP contribution in [0, 0.1) is 0 Å². The van der Waals surface area contributed by atoms with Crippen molar-refractivity contribution in [3.05, 3.63) is 64.7 Å². The molecule has 2 aliphatic rings. The lowest BCUT2D eigenvalue weighted by Gasteiger charge is -2.48. The van der Waals surface area contributed by atoms with Crippen LogP contribution in [0.5, 0.6) is 5.75 Å². The van der Waals surface area contributed by atoms with Gasteiger partial charge in [0.05, 0.1) is 31.2 Å². The number of amides is 2. The summed E-state index contributed by atoms with van der Waals surface area (Å²) in [6.45, 7) is -0.429. The fourth-order valence-corrected chi connectivity index (χ4v) is 4.29.